The van der Waals surface area contributed by atoms with E-state index in [0.29, 0.717) is 30.4 Å². The summed E-state index contributed by atoms with van der Waals surface area (Å²) in [6.45, 7) is 4.93. The molecule has 0 fully saturated rings. The first-order valence-corrected chi connectivity index (χ1v) is 7.03. The van der Waals surface area contributed by atoms with Crippen LogP contribution in [0.1, 0.15) is 19.4 Å². The van der Waals surface area contributed by atoms with Crippen molar-refractivity contribution in [1.82, 2.24) is 9.97 Å². The molecule has 0 aliphatic rings. The quantitative estimate of drug-likeness (QED) is 0.791. The van der Waals surface area contributed by atoms with Crippen LogP contribution < -0.4 is 14.8 Å². The van der Waals surface area contributed by atoms with Crippen LogP contribution in [0.2, 0.25) is 0 Å². The van der Waals surface area contributed by atoms with E-state index in [4.69, 9.17) is 14.7 Å². The van der Waals surface area contributed by atoms with Crippen LogP contribution in [0.25, 0.3) is 0 Å². The minimum atomic E-state index is 0.0595. The van der Waals surface area contributed by atoms with Gasteiger partial charge in [-0.2, -0.15) is 10.2 Å². The van der Waals surface area contributed by atoms with E-state index in [9.17, 15) is 0 Å². The summed E-state index contributed by atoms with van der Waals surface area (Å²) in [5, 5.41) is 11.8. The third-order valence-electron chi connectivity index (χ3n) is 2.63. The highest BCUT2D eigenvalue weighted by molar-refractivity contribution is 5.35. The molecule has 0 saturated heterocycles. The Hall–Kier alpha value is -2.81. The van der Waals surface area contributed by atoms with Crippen LogP contribution in [0, 0.1) is 11.3 Å². The van der Waals surface area contributed by atoms with Crippen molar-refractivity contribution in [2.75, 3.05) is 18.5 Å². The Labute approximate surface area is 129 Å². The lowest BCUT2D eigenvalue weighted by atomic mass is 10.2. The highest BCUT2D eigenvalue weighted by Crippen LogP contribution is 2.12. The Bertz CT molecular complexity index is 635. The van der Waals surface area contributed by atoms with Gasteiger partial charge < -0.3 is 14.8 Å². The normalized spacial score (nSPS) is 10.1. The Kier molecular flexibility index (Phi) is 5.55. The molecule has 1 aromatic carbocycles. The second-order valence-corrected chi connectivity index (χ2v) is 4.82. The van der Waals surface area contributed by atoms with Crippen molar-refractivity contribution in [2.24, 2.45) is 0 Å². The van der Waals surface area contributed by atoms with E-state index < -0.39 is 0 Å². The number of nitrogens with zero attached hydrogens (tertiary/aromatic N) is 3. The number of nitrogens with one attached hydrogen (secondary N) is 1. The van der Waals surface area contributed by atoms with Crippen LogP contribution in [-0.4, -0.2) is 29.2 Å². The fourth-order valence-electron chi connectivity index (χ4n) is 1.71. The van der Waals surface area contributed by atoms with Gasteiger partial charge in [0, 0.05) is 0 Å². The molecule has 1 N–H and O–H groups in total. The summed E-state index contributed by atoms with van der Waals surface area (Å²) < 4.78 is 11.1. The van der Waals surface area contributed by atoms with Crippen molar-refractivity contribution < 1.29 is 9.47 Å². The predicted octanol–water partition coefficient (Wildman–Crippen LogP) is 2.63. The molecule has 0 atom stereocenters. The molecular weight excluding hydrogens is 280 g/mol. The fraction of sp³-hybridized carbons (Fsp3) is 0.312. The SMILES string of the molecule is CC(C)Oc1cncc(NCCOc2ccc(C#N)cc2)n1. The van der Waals surface area contributed by atoms with Crippen molar-refractivity contribution in [3.8, 4) is 17.7 Å². The molecule has 114 valence electrons. The molecule has 2 aromatic rings. The highest BCUT2D eigenvalue weighted by atomic mass is 16.5. The molecule has 22 heavy (non-hydrogen) atoms. The number of benzene rings is 1. The fourth-order valence-corrected chi connectivity index (χ4v) is 1.71. The van der Waals surface area contributed by atoms with Gasteiger partial charge in [0.25, 0.3) is 0 Å². The second-order valence-electron chi connectivity index (χ2n) is 4.82. The van der Waals surface area contributed by atoms with Crippen LogP contribution >= 0.6 is 0 Å². The summed E-state index contributed by atoms with van der Waals surface area (Å²) in [6.07, 6.45) is 3.28. The van der Waals surface area contributed by atoms with Crippen molar-refractivity contribution in [2.45, 2.75) is 20.0 Å². The molecule has 0 unspecified atom stereocenters. The van der Waals surface area contributed by atoms with Crippen LogP contribution in [0.4, 0.5) is 5.82 Å². The molecular formula is C16H18N4O2. The molecule has 0 aliphatic carbocycles. The predicted molar refractivity (Wildman–Crippen MR) is 82.9 cm³/mol. The van der Waals surface area contributed by atoms with E-state index in [2.05, 4.69) is 21.4 Å². The van der Waals surface area contributed by atoms with Gasteiger partial charge in [-0.05, 0) is 38.1 Å². The smallest absolute Gasteiger partial charge is 0.234 e. The average Bonchev–Trinajstić information content (AvgIpc) is 2.52. The van der Waals surface area contributed by atoms with Crippen molar-refractivity contribution in [3.63, 3.8) is 0 Å². The Balaban J connectivity index is 1.77. The lowest BCUT2D eigenvalue weighted by Gasteiger charge is -2.10. The highest BCUT2D eigenvalue weighted by Gasteiger charge is 2.02. The van der Waals surface area contributed by atoms with Gasteiger partial charge >= 0.3 is 0 Å². The largest absolute Gasteiger partial charge is 0.492 e. The minimum Gasteiger partial charge on any atom is -0.492 e. The molecule has 0 radical (unpaired) electrons. The number of anilines is 1. The first-order chi connectivity index (χ1) is 10.7. The summed E-state index contributed by atoms with van der Waals surface area (Å²) in [7, 11) is 0. The van der Waals surface area contributed by atoms with Gasteiger partial charge in [0.15, 0.2) is 0 Å². The summed E-state index contributed by atoms with van der Waals surface area (Å²) in [4.78, 5) is 8.36. The Morgan fingerprint density at radius 1 is 1.23 bits per heavy atom. The van der Waals surface area contributed by atoms with Gasteiger partial charge in [-0.1, -0.05) is 0 Å². The second kappa shape index (κ2) is 7.84. The summed E-state index contributed by atoms with van der Waals surface area (Å²) in [5.74, 6) is 1.86. The van der Waals surface area contributed by atoms with E-state index in [1.165, 1.54) is 0 Å². The third-order valence-corrected chi connectivity index (χ3v) is 2.63. The average molecular weight is 298 g/mol. The van der Waals surface area contributed by atoms with E-state index in [0.717, 1.165) is 5.75 Å². The molecule has 0 spiro atoms. The number of nitriles is 1. The van der Waals surface area contributed by atoms with E-state index in [1.54, 1.807) is 36.7 Å². The molecule has 6 heteroatoms. The van der Waals surface area contributed by atoms with Crippen LogP contribution in [0.3, 0.4) is 0 Å². The third kappa shape index (κ3) is 4.94. The van der Waals surface area contributed by atoms with Crippen LogP contribution in [0.15, 0.2) is 36.7 Å². The zero-order chi connectivity index (χ0) is 15.8. The summed E-state index contributed by atoms with van der Waals surface area (Å²) in [6, 6.07) is 9.06. The number of aromatic nitrogens is 2. The lowest BCUT2D eigenvalue weighted by molar-refractivity contribution is 0.232. The molecule has 1 aromatic heterocycles. The van der Waals surface area contributed by atoms with Gasteiger partial charge in [-0.15, -0.1) is 0 Å². The number of hydrogen-bond acceptors (Lipinski definition) is 6. The van der Waals surface area contributed by atoms with Crippen molar-refractivity contribution in [1.29, 1.82) is 5.26 Å². The monoisotopic (exact) mass is 298 g/mol. The van der Waals surface area contributed by atoms with Gasteiger partial charge in [0.2, 0.25) is 5.88 Å². The maximum absolute atomic E-state index is 8.72. The number of ether oxygens (including phenoxy) is 2. The van der Waals surface area contributed by atoms with Crippen molar-refractivity contribution in [3.05, 3.63) is 42.2 Å². The van der Waals surface area contributed by atoms with Gasteiger partial charge in [0.05, 0.1) is 36.7 Å². The first kappa shape index (κ1) is 15.6. The summed E-state index contributed by atoms with van der Waals surface area (Å²) in [5.41, 5.74) is 0.614. The zero-order valence-corrected chi connectivity index (χ0v) is 12.6. The summed E-state index contributed by atoms with van der Waals surface area (Å²) >= 11 is 0. The Morgan fingerprint density at radius 3 is 2.68 bits per heavy atom. The zero-order valence-electron chi connectivity index (χ0n) is 12.6. The maximum Gasteiger partial charge on any atom is 0.234 e. The standard InChI is InChI=1S/C16H18N4O2/c1-12(2)22-16-11-18-10-15(20-16)19-7-8-21-14-5-3-13(9-17)4-6-14/h3-6,10-12H,7-8H2,1-2H3,(H,19,20). The first-order valence-electron chi connectivity index (χ1n) is 7.03. The molecule has 0 amide bonds. The number of hydrogen-bond donors (Lipinski definition) is 1. The number of rotatable bonds is 7. The molecule has 0 aliphatic heterocycles. The molecule has 0 bridgehead atoms. The molecule has 1 heterocycles. The van der Waals surface area contributed by atoms with Gasteiger partial charge in [-0.25, -0.2) is 0 Å². The van der Waals surface area contributed by atoms with Crippen LogP contribution in [-0.2, 0) is 0 Å². The molecule has 6 nitrogen and oxygen atoms in total. The van der Waals surface area contributed by atoms with Gasteiger partial charge in [0.1, 0.15) is 18.2 Å². The van der Waals surface area contributed by atoms with Gasteiger partial charge in [-0.3, -0.25) is 4.98 Å². The minimum absolute atomic E-state index is 0.0595. The van der Waals surface area contributed by atoms with Crippen molar-refractivity contribution >= 4 is 5.82 Å². The van der Waals surface area contributed by atoms with Crippen LogP contribution in [0.5, 0.6) is 11.6 Å². The molecule has 0 saturated carbocycles. The maximum atomic E-state index is 8.72. The van der Waals surface area contributed by atoms with E-state index in [-0.39, 0.29) is 6.10 Å². The molecule has 2 rings (SSSR count). The van der Waals surface area contributed by atoms with E-state index >= 15 is 0 Å². The lowest BCUT2D eigenvalue weighted by Crippen LogP contribution is -2.13. The Morgan fingerprint density at radius 2 is 2.00 bits per heavy atom. The topological polar surface area (TPSA) is 80.1 Å². The van der Waals surface area contributed by atoms with E-state index in [1.807, 2.05) is 13.8 Å².